The number of aryl methyl sites for hydroxylation is 1. The van der Waals surface area contributed by atoms with E-state index in [2.05, 4.69) is 49.6 Å². The topological polar surface area (TPSA) is 0 Å². The first-order valence-corrected chi connectivity index (χ1v) is 5.65. The van der Waals surface area contributed by atoms with Crippen molar-refractivity contribution >= 4 is 16.3 Å². The summed E-state index contributed by atoms with van der Waals surface area (Å²) in [6.07, 6.45) is 2.13. The molecule has 0 amide bonds. The Morgan fingerprint density at radius 2 is 1.69 bits per heavy atom. The van der Waals surface area contributed by atoms with E-state index in [4.69, 9.17) is 0 Å². The van der Waals surface area contributed by atoms with Gasteiger partial charge in [0.15, 0.2) is 0 Å². The fraction of sp³-hybridized carbons (Fsp3) is 0.125. The lowest BCUT2D eigenvalue weighted by molar-refractivity contribution is 0.954. The zero-order valence-corrected chi connectivity index (χ0v) is 9.29. The van der Waals surface area contributed by atoms with Crippen LogP contribution in [0.5, 0.6) is 0 Å². The second-order valence-corrected chi connectivity index (χ2v) is 4.39. The number of allylic oxidation sites excluding steroid dienone is 2. The van der Waals surface area contributed by atoms with Gasteiger partial charge in [0.1, 0.15) is 0 Å². The lowest BCUT2D eigenvalue weighted by Gasteiger charge is -2.22. The van der Waals surface area contributed by atoms with Crippen LogP contribution in [0.4, 0.5) is 0 Å². The zero-order valence-electron chi connectivity index (χ0n) is 9.29. The maximum absolute atomic E-state index is 4.14. The van der Waals surface area contributed by atoms with Crippen molar-refractivity contribution in [1.82, 2.24) is 0 Å². The van der Waals surface area contributed by atoms with Crippen LogP contribution in [0.2, 0.25) is 0 Å². The lowest BCUT2D eigenvalue weighted by Crippen LogP contribution is -2.03. The lowest BCUT2D eigenvalue weighted by atomic mass is 9.83. The van der Waals surface area contributed by atoms with Crippen molar-refractivity contribution in [2.75, 3.05) is 0 Å². The molecule has 0 atom stereocenters. The average molecular weight is 206 g/mol. The van der Waals surface area contributed by atoms with Gasteiger partial charge in [0.05, 0.1) is 0 Å². The van der Waals surface area contributed by atoms with Gasteiger partial charge in [0.25, 0.3) is 0 Å². The summed E-state index contributed by atoms with van der Waals surface area (Å²) >= 11 is 0. The fourth-order valence-corrected chi connectivity index (χ4v) is 2.51. The Hall–Kier alpha value is -1.82. The van der Waals surface area contributed by atoms with Crippen LogP contribution in [0.15, 0.2) is 55.1 Å². The normalized spacial score (nSPS) is 15.2. The van der Waals surface area contributed by atoms with Crippen molar-refractivity contribution in [3.8, 4) is 0 Å². The minimum atomic E-state index is 1.04. The Morgan fingerprint density at radius 3 is 2.56 bits per heavy atom. The van der Waals surface area contributed by atoms with E-state index in [1.807, 2.05) is 0 Å². The molecule has 0 unspecified atom stereocenters. The molecule has 2 aromatic carbocycles. The van der Waals surface area contributed by atoms with Gasteiger partial charge in [0, 0.05) is 0 Å². The van der Waals surface area contributed by atoms with Crippen LogP contribution in [-0.4, -0.2) is 0 Å². The predicted octanol–water partition coefficient (Wildman–Crippen LogP) is 4.36. The molecule has 16 heavy (non-hydrogen) atoms. The molecular weight excluding hydrogens is 192 g/mol. The first-order chi connectivity index (χ1) is 7.77. The van der Waals surface area contributed by atoms with Crippen molar-refractivity contribution in [3.63, 3.8) is 0 Å². The van der Waals surface area contributed by atoms with E-state index >= 15 is 0 Å². The molecule has 0 aromatic heterocycles. The van der Waals surface area contributed by atoms with Crippen LogP contribution in [0.1, 0.15) is 17.5 Å². The summed E-state index contributed by atoms with van der Waals surface area (Å²) in [5, 5.41) is 2.69. The van der Waals surface area contributed by atoms with Crippen LogP contribution in [-0.2, 0) is 6.42 Å². The zero-order chi connectivity index (χ0) is 11.1. The molecule has 1 aliphatic carbocycles. The summed E-state index contributed by atoms with van der Waals surface area (Å²) in [4.78, 5) is 0. The molecular formula is C16H14. The van der Waals surface area contributed by atoms with Gasteiger partial charge in [-0.3, -0.25) is 0 Å². The summed E-state index contributed by atoms with van der Waals surface area (Å²) in [7, 11) is 0. The minimum Gasteiger partial charge on any atom is -0.0952 e. The molecule has 0 aliphatic heterocycles. The Labute approximate surface area is 95.9 Å². The molecule has 0 bridgehead atoms. The minimum absolute atomic E-state index is 1.04. The number of hydrogen-bond acceptors (Lipinski definition) is 0. The van der Waals surface area contributed by atoms with Crippen LogP contribution < -0.4 is 0 Å². The van der Waals surface area contributed by atoms with Crippen molar-refractivity contribution in [2.24, 2.45) is 0 Å². The van der Waals surface area contributed by atoms with Crippen molar-refractivity contribution in [3.05, 3.63) is 66.3 Å². The molecule has 0 fully saturated rings. The van der Waals surface area contributed by atoms with Crippen molar-refractivity contribution < 1.29 is 0 Å². The van der Waals surface area contributed by atoms with Gasteiger partial charge in [-0.25, -0.2) is 0 Å². The highest BCUT2D eigenvalue weighted by Gasteiger charge is 2.17. The molecule has 0 heteroatoms. The summed E-state index contributed by atoms with van der Waals surface area (Å²) < 4.78 is 0. The van der Waals surface area contributed by atoms with E-state index in [1.54, 1.807) is 0 Å². The summed E-state index contributed by atoms with van der Waals surface area (Å²) in [6.45, 7) is 8.22. The second kappa shape index (κ2) is 3.34. The summed E-state index contributed by atoms with van der Waals surface area (Å²) in [5.41, 5.74) is 5.03. The molecule has 0 radical (unpaired) electrons. The number of fused-ring (bicyclic) bond motifs is 3. The molecule has 0 spiro atoms. The fourth-order valence-electron chi connectivity index (χ4n) is 2.51. The molecule has 1 aliphatic rings. The van der Waals surface area contributed by atoms with E-state index in [0.29, 0.717) is 0 Å². The maximum Gasteiger partial charge on any atom is -0.0146 e. The van der Waals surface area contributed by atoms with E-state index in [1.165, 1.54) is 27.5 Å². The number of benzene rings is 2. The smallest absolute Gasteiger partial charge is 0.0146 e. The van der Waals surface area contributed by atoms with E-state index in [0.717, 1.165) is 18.4 Å². The van der Waals surface area contributed by atoms with E-state index in [-0.39, 0.29) is 0 Å². The van der Waals surface area contributed by atoms with E-state index < -0.39 is 0 Å². The van der Waals surface area contributed by atoms with Crippen LogP contribution >= 0.6 is 0 Å². The Kier molecular flexibility index (Phi) is 1.97. The first-order valence-electron chi connectivity index (χ1n) is 5.65. The molecule has 2 aromatic rings. The van der Waals surface area contributed by atoms with Gasteiger partial charge < -0.3 is 0 Å². The largest absolute Gasteiger partial charge is 0.0952 e. The third kappa shape index (κ3) is 1.23. The highest BCUT2D eigenvalue weighted by atomic mass is 14.2. The second-order valence-electron chi connectivity index (χ2n) is 4.39. The maximum atomic E-state index is 4.14. The Morgan fingerprint density at radius 1 is 0.875 bits per heavy atom. The Bertz CT molecular complexity index is 602. The predicted molar refractivity (Wildman–Crippen MR) is 70.4 cm³/mol. The van der Waals surface area contributed by atoms with Gasteiger partial charge >= 0.3 is 0 Å². The van der Waals surface area contributed by atoms with Crippen LogP contribution in [0, 0.1) is 0 Å². The highest BCUT2D eigenvalue weighted by molar-refractivity contribution is 5.93. The molecule has 78 valence electrons. The molecule has 3 rings (SSSR count). The van der Waals surface area contributed by atoms with Gasteiger partial charge in [-0.1, -0.05) is 49.6 Å². The van der Waals surface area contributed by atoms with Gasteiger partial charge in [-0.05, 0) is 45.9 Å². The van der Waals surface area contributed by atoms with Crippen LogP contribution in [0.3, 0.4) is 0 Å². The number of hydrogen-bond donors (Lipinski definition) is 0. The number of rotatable bonds is 0. The Balaban J connectivity index is 2.36. The highest BCUT2D eigenvalue weighted by Crippen LogP contribution is 2.36. The molecule has 0 heterocycles. The quantitative estimate of drug-likeness (QED) is 0.601. The monoisotopic (exact) mass is 206 g/mol. The van der Waals surface area contributed by atoms with Gasteiger partial charge in [-0.2, -0.15) is 0 Å². The molecule has 0 N–H and O–H groups in total. The first kappa shape index (κ1) is 9.41. The summed E-state index contributed by atoms with van der Waals surface area (Å²) in [5.74, 6) is 0. The van der Waals surface area contributed by atoms with Crippen LogP contribution in [0.25, 0.3) is 16.3 Å². The average Bonchev–Trinajstić information content (AvgIpc) is 2.33. The third-order valence-electron chi connectivity index (χ3n) is 3.47. The molecule has 0 saturated carbocycles. The molecule has 0 saturated heterocycles. The van der Waals surface area contributed by atoms with E-state index in [9.17, 15) is 0 Å². The summed E-state index contributed by atoms with van der Waals surface area (Å²) in [6, 6.07) is 12.9. The van der Waals surface area contributed by atoms with Crippen molar-refractivity contribution in [2.45, 2.75) is 12.8 Å². The standard InChI is InChI=1S/C16H14/c1-11-7-9-16-14(12(11)2)10-8-13-5-3-4-6-15(13)16/h3-6,8,10H,1-2,7,9H2. The third-order valence-corrected chi connectivity index (χ3v) is 3.47. The SMILES string of the molecule is C=C1CCc2c(ccc3ccccc23)C1=C. The molecule has 0 nitrogen and oxygen atoms in total. The van der Waals surface area contributed by atoms with Crippen molar-refractivity contribution in [1.29, 1.82) is 0 Å². The van der Waals surface area contributed by atoms with Gasteiger partial charge in [-0.15, -0.1) is 0 Å². The van der Waals surface area contributed by atoms with Gasteiger partial charge in [0.2, 0.25) is 0 Å².